The zero-order valence-corrected chi connectivity index (χ0v) is 8.35. The van der Waals surface area contributed by atoms with Gasteiger partial charge in [0.2, 0.25) is 0 Å². The maximum atomic E-state index is 4.28. The van der Waals surface area contributed by atoms with Crippen LogP contribution in [0.2, 0.25) is 0 Å². The molecule has 1 aromatic rings. The minimum Gasteiger partial charge on any atom is -0.368 e. The van der Waals surface area contributed by atoms with Gasteiger partial charge >= 0.3 is 0 Å². The predicted octanol–water partition coefficient (Wildman–Crippen LogP) is 2.42. The van der Waals surface area contributed by atoms with Gasteiger partial charge in [-0.05, 0) is 26.2 Å². The van der Waals surface area contributed by atoms with E-state index in [9.17, 15) is 0 Å². The maximum Gasteiger partial charge on any atom is 0.150 e. The van der Waals surface area contributed by atoms with Crippen molar-refractivity contribution in [2.45, 2.75) is 39.0 Å². The van der Waals surface area contributed by atoms with Crippen LogP contribution in [0.3, 0.4) is 0 Å². The average molecular weight is 179 g/mol. The molecule has 0 spiro atoms. The van der Waals surface area contributed by atoms with Crippen molar-refractivity contribution in [2.24, 2.45) is 0 Å². The fourth-order valence-corrected chi connectivity index (χ4v) is 1.60. The monoisotopic (exact) mass is 179 g/mol. The van der Waals surface area contributed by atoms with E-state index in [2.05, 4.69) is 29.4 Å². The van der Waals surface area contributed by atoms with Crippen molar-refractivity contribution in [3.05, 3.63) is 11.3 Å². The third-order valence-corrected chi connectivity index (χ3v) is 2.58. The minimum atomic E-state index is 0.768. The molecule has 1 fully saturated rings. The van der Waals surface area contributed by atoms with E-state index in [4.69, 9.17) is 0 Å². The van der Waals surface area contributed by atoms with Gasteiger partial charge in [0.05, 0.1) is 0 Å². The highest BCUT2D eigenvalue weighted by atomic mass is 15.2. The third-order valence-electron chi connectivity index (χ3n) is 2.58. The summed E-state index contributed by atoms with van der Waals surface area (Å²) in [4.78, 5) is 0. The molecule has 1 saturated carbocycles. The second-order valence-corrected chi connectivity index (χ2v) is 3.81. The van der Waals surface area contributed by atoms with Crippen molar-refractivity contribution < 1.29 is 0 Å². The second-order valence-electron chi connectivity index (χ2n) is 3.81. The highest BCUT2D eigenvalue weighted by Crippen LogP contribution is 2.41. The van der Waals surface area contributed by atoms with Crippen molar-refractivity contribution in [1.82, 2.24) is 10.2 Å². The maximum absolute atomic E-state index is 4.28. The van der Waals surface area contributed by atoms with Crippen LogP contribution >= 0.6 is 0 Å². The van der Waals surface area contributed by atoms with Gasteiger partial charge < -0.3 is 5.32 Å². The molecule has 0 aromatic carbocycles. The summed E-state index contributed by atoms with van der Waals surface area (Å²) in [5, 5.41) is 10.7. The van der Waals surface area contributed by atoms with Gasteiger partial charge in [0.1, 0.15) is 0 Å². The molecule has 3 nitrogen and oxygen atoms in total. The molecule has 0 radical (unpaired) electrons. The number of hydrogen-bond donors (Lipinski definition) is 2. The molecular formula is C10H17N3. The van der Waals surface area contributed by atoms with Crippen LogP contribution in [-0.4, -0.2) is 16.7 Å². The van der Waals surface area contributed by atoms with Gasteiger partial charge in [0, 0.05) is 23.7 Å². The zero-order valence-electron chi connectivity index (χ0n) is 8.35. The lowest BCUT2D eigenvalue weighted by molar-refractivity contribution is 0.942. The lowest BCUT2D eigenvalue weighted by Gasteiger charge is -2.01. The quantitative estimate of drug-likeness (QED) is 0.745. The summed E-state index contributed by atoms with van der Waals surface area (Å²) in [6.45, 7) is 5.32. The molecule has 0 aliphatic heterocycles. The van der Waals surface area contributed by atoms with E-state index >= 15 is 0 Å². The van der Waals surface area contributed by atoms with Crippen LogP contribution in [0, 0.1) is 6.92 Å². The van der Waals surface area contributed by atoms with Crippen molar-refractivity contribution in [2.75, 3.05) is 11.9 Å². The predicted molar refractivity (Wildman–Crippen MR) is 54.1 cm³/mol. The van der Waals surface area contributed by atoms with Gasteiger partial charge in [-0.15, -0.1) is 0 Å². The number of rotatable bonds is 4. The summed E-state index contributed by atoms with van der Waals surface area (Å²) < 4.78 is 0. The molecule has 2 rings (SSSR count). The minimum absolute atomic E-state index is 0.768. The van der Waals surface area contributed by atoms with Crippen LogP contribution in [0.4, 0.5) is 5.82 Å². The Morgan fingerprint density at radius 2 is 2.31 bits per heavy atom. The van der Waals surface area contributed by atoms with Crippen molar-refractivity contribution in [3.63, 3.8) is 0 Å². The van der Waals surface area contributed by atoms with Crippen molar-refractivity contribution in [1.29, 1.82) is 0 Å². The number of nitrogens with one attached hydrogen (secondary N) is 2. The molecule has 1 heterocycles. The van der Waals surface area contributed by atoms with Gasteiger partial charge in [-0.25, -0.2) is 0 Å². The number of aromatic amines is 1. The van der Waals surface area contributed by atoms with Crippen LogP contribution in [0.1, 0.15) is 43.4 Å². The SMILES string of the molecule is CCCNc1n[nH]c(C2CC2)c1C. The highest BCUT2D eigenvalue weighted by Gasteiger charge is 2.27. The van der Waals surface area contributed by atoms with E-state index in [0.29, 0.717) is 0 Å². The molecular weight excluding hydrogens is 162 g/mol. The van der Waals surface area contributed by atoms with Gasteiger partial charge in [-0.2, -0.15) is 5.10 Å². The smallest absolute Gasteiger partial charge is 0.150 e. The molecule has 0 bridgehead atoms. The van der Waals surface area contributed by atoms with E-state index in [-0.39, 0.29) is 0 Å². The molecule has 2 N–H and O–H groups in total. The topological polar surface area (TPSA) is 40.7 Å². The third kappa shape index (κ3) is 1.69. The summed E-state index contributed by atoms with van der Waals surface area (Å²) in [6, 6.07) is 0. The average Bonchev–Trinajstić information content (AvgIpc) is 2.89. The number of nitrogens with zero attached hydrogens (tertiary/aromatic N) is 1. The fourth-order valence-electron chi connectivity index (χ4n) is 1.60. The Labute approximate surface area is 78.9 Å². The summed E-state index contributed by atoms with van der Waals surface area (Å²) in [5.74, 6) is 1.81. The van der Waals surface area contributed by atoms with Gasteiger partial charge in [-0.1, -0.05) is 6.92 Å². The molecule has 72 valence electrons. The number of aromatic nitrogens is 2. The van der Waals surface area contributed by atoms with E-state index in [1.54, 1.807) is 0 Å². The van der Waals surface area contributed by atoms with Crippen molar-refractivity contribution in [3.8, 4) is 0 Å². The lowest BCUT2D eigenvalue weighted by atomic mass is 10.2. The Morgan fingerprint density at radius 1 is 1.54 bits per heavy atom. The van der Waals surface area contributed by atoms with E-state index < -0.39 is 0 Å². The Hall–Kier alpha value is -0.990. The molecule has 3 heteroatoms. The molecule has 13 heavy (non-hydrogen) atoms. The standard InChI is InChI=1S/C10H17N3/c1-3-6-11-10-7(2)9(12-13-10)8-4-5-8/h8H,3-6H2,1-2H3,(H2,11,12,13). The Balaban J connectivity index is 2.08. The van der Waals surface area contributed by atoms with Crippen LogP contribution in [0.15, 0.2) is 0 Å². The van der Waals surface area contributed by atoms with Crippen LogP contribution in [0.5, 0.6) is 0 Å². The Morgan fingerprint density at radius 3 is 2.92 bits per heavy atom. The largest absolute Gasteiger partial charge is 0.368 e. The van der Waals surface area contributed by atoms with Gasteiger partial charge in [-0.3, -0.25) is 5.10 Å². The molecule has 0 unspecified atom stereocenters. The Bertz CT molecular complexity index is 286. The second kappa shape index (κ2) is 3.40. The summed E-state index contributed by atoms with van der Waals surface area (Å²) in [5.41, 5.74) is 2.66. The lowest BCUT2D eigenvalue weighted by Crippen LogP contribution is -2.01. The first-order valence-electron chi connectivity index (χ1n) is 5.11. The number of anilines is 1. The first-order valence-corrected chi connectivity index (χ1v) is 5.11. The molecule has 1 aliphatic carbocycles. The molecule has 0 amide bonds. The Kier molecular flexibility index (Phi) is 2.25. The van der Waals surface area contributed by atoms with E-state index in [1.807, 2.05) is 0 Å². The van der Waals surface area contributed by atoms with E-state index in [0.717, 1.165) is 24.7 Å². The highest BCUT2D eigenvalue weighted by molar-refractivity contribution is 5.47. The molecule has 1 aromatic heterocycles. The molecule has 0 atom stereocenters. The first-order chi connectivity index (χ1) is 6.33. The van der Waals surface area contributed by atoms with E-state index in [1.165, 1.54) is 24.1 Å². The first kappa shape index (κ1) is 8.60. The summed E-state index contributed by atoms with van der Waals surface area (Å²) >= 11 is 0. The molecule has 0 saturated heterocycles. The van der Waals surface area contributed by atoms with Crippen LogP contribution in [0.25, 0.3) is 0 Å². The number of hydrogen-bond acceptors (Lipinski definition) is 2. The van der Waals surface area contributed by atoms with Crippen LogP contribution in [-0.2, 0) is 0 Å². The number of H-pyrrole nitrogens is 1. The van der Waals surface area contributed by atoms with Gasteiger partial charge in [0.15, 0.2) is 5.82 Å². The molecule has 1 aliphatic rings. The van der Waals surface area contributed by atoms with Crippen molar-refractivity contribution >= 4 is 5.82 Å². The fraction of sp³-hybridized carbons (Fsp3) is 0.700. The van der Waals surface area contributed by atoms with Crippen LogP contribution < -0.4 is 5.32 Å². The zero-order chi connectivity index (χ0) is 9.26. The normalized spacial score (nSPS) is 16.2. The summed E-state index contributed by atoms with van der Waals surface area (Å²) in [7, 11) is 0. The summed E-state index contributed by atoms with van der Waals surface area (Å²) in [6.07, 6.45) is 3.80. The van der Waals surface area contributed by atoms with Gasteiger partial charge in [0.25, 0.3) is 0 Å².